The predicted molar refractivity (Wildman–Crippen MR) is 173 cm³/mol. The van der Waals surface area contributed by atoms with Crippen LogP contribution >= 0.6 is 23.2 Å². The third-order valence-electron chi connectivity index (χ3n) is 8.76. The minimum Gasteiger partial charge on any atom is -0.329 e. The van der Waals surface area contributed by atoms with Crippen molar-refractivity contribution in [3.63, 3.8) is 0 Å². The van der Waals surface area contributed by atoms with Crippen molar-refractivity contribution in [2.24, 2.45) is 11.3 Å². The lowest BCUT2D eigenvalue weighted by Crippen LogP contribution is -2.59. The molecule has 0 spiro atoms. The molecular weight excluding hydrogens is 601 g/mol. The highest BCUT2D eigenvalue weighted by Gasteiger charge is 2.54. The van der Waals surface area contributed by atoms with Crippen molar-refractivity contribution in [1.29, 1.82) is 5.26 Å². The summed E-state index contributed by atoms with van der Waals surface area (Å²) in [6.45, 7) is 5.97. The lowest BCUT2D eigenvalue weighted by atomic mass is 9.67. The number of para-hydroxylation sites is 1. The van der Waals surface area contributed by atoms with E-state index in [1.54, 1.807) is 30.3 Å². The Kier molecular flexibility index (Phi) is 8.94. The number of nitrogens with zero attached hydrogens (tertiary/aromatic N) is 3. The highest BCUT2D eigenvalue weighted by atomic mass is 35.5. The molecule has 2 fully saturated rings. The lowest BCUT2D eigenvalue weighted by Gasteiger charge is -2.53. The van der Waals surface area contributed by atoms with E-state index in [9.17, 15) is 18.5 Å². The van der Waals surface area contributed by atoms with Gasteiger partial charge in [-0.3, -0.25) is 9.10 Å². The molecule has 1 saturated carbocycles. The van der Waals surface area contributed by atoms with Crippen LogP contribution in [0.5, 0.6) is 0 Å². The van der Waals surface area contributed by atoms with Crippen LogP contribution in [0.4, 0.5) is 5.69 Å². The molecule has 0 radical (unpaired) electrons. The third-order valence-corrected chi connectivity index (χ3v) is 10.4. The first-order chi connectivity index (χ1) is 20.5. The number of anilines is 1. The number of carbonyl (C=O) groups is 1. The van der Waals surface area contributed by atoms with Gasteiger partial charge in [0.25, 0.3) is 0 Å². The number of hydrogen-bond donors (Lipinski definition) is 0. The van der Waals surface area contributed by atoms with Crippen LogP contribution in [0.15, 0.2) is 85.5 Å². The van der Waals surface area contributed by atoms with Crippen LogP contribution in [0.2, 0.25) is 10.0 Å². The fourth-order valence-electron chi connectivity index (χ4n) is 6.57. The maximum atomic E-state index is 14.8. The monoisotopic (exact) mass is 635 g/mol. The molecule has 1 saturated heterocycles. The van der Waals surface area contributed by atoms with Gasteiger partial charge in [-0.05, 0) is 79.1 Å². The van der Waals surface area contributed by atoms with Crippen molar-refractivity contribution in [3.8, 4) is 6.07 Å². The molecule has 1 amide bonds. The number of nitriles is 1. The Morgan fingerprint density at radius 3 is 2.37 bits per heavy atom. The first kappa shape index (κ1) is 31.1. The van der Waals surface area contributed by atoms with Crippen molar-refractivity contribution >= 4 is 44.8 Å². The zero-order valence-electron chi connectivity index (χ0n) is 24.3. The predicted octanol–water partition coefficient (Wildman–Crippen LogP) is 7.75. The average Bonchev–Trinajstić information content (AvgIpc) is 3.81. The second-order valence-corrected chi connectivity index (χ2v) is 14.7. The van der Waals surface area contributed by atoms with Crippen LogP contribution in [-0.2, 0) is 14.8 Å². The fraction of sp³-hybridized carbons (Fsp3) is 0.353. The number of carbonyl (C=O) groups excluding carboxylic acids is 1. The van der Waals surface area contributed by atoms with Gasteiger partial charge >= 0.3 is 0 Å². The number of benzene rings is 3. The van der Waals surface area contributed by atoms with Crippen LogP contribution in [0.3, 0.4) is 0 Å². The summed E-state index contributed by atoms with van der Waals surface area (Å²) in [7, 11) is -3.81. The van der Waals surface area contributed by atoms with Gasteiger partial charge in [-0.25, -0.2) is 8.42 Å². The molecule has 1 aliphatic carbocycles. The highest BCUT2D eigenvalue weighted by Crippen LogP contribution is 2.54. The summed E-state index contributed by atoms with van der Waals surface area (Å²) in [6, 6.07) is 23.3. The van der Waals surface area contributed by atoms with Crippen molar-refractivity contribution in [1.82, 2.24) is 4.90 Å². The average molecular weight is 637 g/mol. The van der Waals surface area contributed by atoms with E-state index >= 15 is 0 Å². The second kappa shape index (κ2) is 12.4. The maximum Gasteiger partial charge on any atom is 0.232 e. The van der Waals surface area contributed by atoms with Crippen molar-refractivity contribution in [2.45, 2.75) is 50.6 Å². The summed E-state index contributed by atoms with van der Waals surface area (Å²) in [4.78, 5) is 16.8. The number of piperidine rings is 1. The van der Waals surface area contributed by atoms with E-state index in [4.69, 9.17) is 23.2 Å². The molecule has 0 aromatic heterocycles. The summed E-state index contributed by atoms with van der Waals surface area (Å²) in [5.41, 5.74) is 1.72. The Balaban J connectivity index is 1.71. The second-order valence-electron chi connectivity index (χ2n) is 12.0. The highest BCUT2D eigenvalue weighted by molar-refractivity contribution is 7.92. The number of amides is 1. The molecule has 0 N–H and O–H groups in total. The number of hydrogen-bond acceptors (Lipinski definition) is 4. The van der Waals surface area contributed by atoms with Crippen molar-refractivity contribution in [2.75, 3.05) is 17.1 Å². The Morgan fingerprint density at radius 1 is 1.07 bits per heavy atom. The summed E-state index contributed by atoms with van der Waals surface area (Å²) < 4.78 is 28.0. The van der Waals surface area contributed by atoms with Gasteiger partial charge < -0.3 is 4.90 Å². The molecule has 3 aromatic rings. The van der Waals surface area contributed by atoms with Gasteiger partial charge in [0.2, 0.25) is 15.9 Å². The Hall–Kier alpha value is -3.31. The zero-order chi connectivity index (χ0) is 30.9. The normalized spacial score (nSPS) is 23.0. The molecule has 0 bridgehead atoms. The third kappa shape index (κ3) is 6.47. The number of allylic oxidation sites excluding steroid dienone is 1. The van der Waals surface area contributed by atoms with E-state index in [1.165, 1.54) is 4.31 Å². The van der Waals surface area contributed by atoms with Gasteiger partial charge in [-0.2, -0.15) is 5.26 Å². The van der Waals surface area contributed by atoms with E-state index < -0.39 is 27.5 Å². The largest absolute Gasteiger partial charge is 0.329 e. The first-order valence-electron chi connectivity index (χ1n) is 14.4. The fourth-order valence-corrected chi connectivity index (χ4v) is 7.83. The minimum atomic E-state index is -3.81. The summed E-state index contributed by atoms with van der Waals surface area (Å²) in [6.07, 6.45) is 5.71. The molecular formula is C34H35Cl2N3O3S. The summed E-state index contributed by atoms with van der Waals surface area (Å²) in [5, 5.41) is 11.0. The maximum absolute atomic E-state index is 14.8. The molecule has 4 atom stereocenters. The Labute approximate surface area is 264 Å². The van der Waals surface area contributed by atoms with Gasteiger partial charge in [-0.15, -0.1) is 6.58 Å². The molecule has 3 aromatic carbocycles. The van der Waals surface area contributed by atoms with Crippen LogP contribution < -0.4 is 4.31 Å². The summed E-state index contributed by atoms with van der Waals surface area (Å²) >= 11 is 12.8. The van der Waals surface area contributed by atoms with E-state index in [1.807, 2.05) is 60.4 Å². The topological polar surface area (TPSA) is 81.5 Å². The number of likely N-dealkylation sites (tertiary alicyclic amines) is 1. The molecule has 6 nitrogen and oxygen atoms in total. The molecule has 43 heavy (non-hydrogen) atoms. The van der Waals surface area contributed by atoms with Crippen LogP contribution in [0.1, 0.15) is 61.3 Å². The SMILES string of the molecule is C=CC[C@@]1(C)CC(c2cccc(Cl)c2)C(c2ccc(Cl)cc2)N([C@H](CN(c2ccccc2C#N)S(C)(=O)=O)C2CC2)C1=O. The number of sulfonamides is 1. The van der Waals surface area contributed by atoms with Gasteiger partial charge in [0.05, 0.1) is 41.6 Å². The van der Waals surface area contributed by atoms with Gasteiger partial charge in [-0.1, -0.05) is 72.6 Å². The number of rotatable bonds is 10. The lowest BCUT2D eigenvalue weighted by molar-refractivity contribution is -0.154. The molecule has 2 unspecified atom stereocenters. The van der Waals surface area contributed by atoms with Crippen molar-refractivity contribution in [3.05, 3.63) is 112 Å². The van der Waals surface area contributed by atoms with Crippen molar-refractivity contribution < 1.29 is 13.2 Å². The van der Waals surface area contributed by atoms with Crippen LogP contribution in [-0.4, -0.2) is 38.1 Å². The molecule has 1 aliphatic heterocycles. The van der Waals surface area contributed by atoms with E-state index in [0.29, 0.717) is 28.6 Å². The smallest absolute Gasteiger partial charge is 0.232 e. The van der Waals surface area contributed by atoms with Gasteiger partial charge in [0.15, 0.2) is 0 Å². The van der Waals surface area contributed by atoms with E-state index in [-0.39, 0.29) is 29.9 Å². The van der Waals surface area contributed by atoms with E-state index in [0.717, 1.165) is 30.2 Å². The number of halogens is 2. The Bertz CT molecular complexity index is 1670. The summed E-state index contributed by atoms with van der Waals surface area (Å²) in [5.74, 6) is -0.0743. The van der Waals surface area contributed by atoms with Gasteiger partial charge in [0.1, 0.15) is 6.07 Å². The molecule has 1 heterocycles. The van der Waals surface area contributed by atoms with Crippen LogP contribution in [0, 0.1) is 22.7 Å². The quantitative estimate of drug-likeness (QED) is 0.213. The van der Waals surface area contributed by atoms with E-state index in [2.05, 4.69) is 12.6 Å². The molecule has 9 heteroatoms. The molecule has 5 rings (SSSR count). The molecule has 2 aliphatic rings. The molecule has 224 valence electrons. The first-order valence-corrected chi connectivity index (χ1v) is 17.0. The Morgan fingerprint density at radius 2 is 1.77 bits per heavy atom. The minimum absolute atomic E-state index is 0.0322. The van der Waals surface area contributed by atoms with Gasteiger partial charge in [0, 0.05) is 16.0 Å². The standard InChI is InChI=1S/C34H35Cl2N3O3S/c1-4-18-34(2)20-29(25-9-7-10-28(36)19-25)32(24-14-16-27(35)17-15-24)39(33(34)40)31(23-12-13-23)22-38(43(3,41)42)30-11-6-5-8-26(30)21-37/h4-11,14-17,19,23,29,31-32H,1,12-13,18,20,22H2,2-3H3/t29?,31-,32?,34+/m1/s1. The zero-order valence-corrected chi connectivity index (χ0v) is 26.6. The van der Waals surface area contributed by atoms with Crippen LogP contribution in [0.25, 0.3) is 0 Å².